The summed E-state index contributed by atoms with van der Waals surface area (Å²) in [5.74, 6) is 0.357. The molecular formula is C14H14N6O5. The van der Waals surface area contributed by atoms with Crippen LogP contribution in [-0.2, 0) is 0 Å². The molecule has 0 bridgehead atoms. The first-order valence-corrected chi connectivity index (χ1v) is 6.92. The van der Waals surface area contributed by atoms with E-state index in [1.54, 1.807) is 37.5 Å². The Morgan fingerprint density at radius 3 is 2.56 bits per heavy atom. The Kier molecular flexibility index (Phi) is 5.07. The number of rotatable bonds is 5. The zero-order valence-corrected chi connectivity index (χ0v) is 13.3. The minimum atomic E-state index is -0.862. The topological polar surface area (TPSA) is 162 Å². The van der Waals surface area contributed by atoms with E-state index in [9.17, 15) is 20.2 Å². The minimum absolute atomic E-state index is 0.0395. The molecule has 2 rings (SSSR count). The van der Waals surface area contributed by atoms with Crippen molar-refractivity contribution in [1.29, 1.82) is 0 Å². The Labute approximate surface area is 141 Å². The van der Waals surface area contributed by atoms with Crippen molar-refractivity contribution in [2.45, 2.75) is 13.8 Å². The molecule has 0 fully saturated rings. The SMILES string of the molecule is Cc1c(-c2ccc(C=NN=C(N)N[N+](=O)[O-])o2)ccc([N+](=O)[O-])c1C. The van der Waals surface area contributed by atoms with Gasteiger partial charge in [-0.25, -0.2) is 10.1 Å². The molecule has 25 heavy (non-hydrogen) atoms. The Bertz CT molecular complexity index is 886. The number of guanidine groups is 1. The molecule has 0 unspecified atom stereocenters. The Balaban J connectivity index is 2.23. The van der Waals surface area contributed by atoms with Crippen LogP contribution in [0.2, 0.25) is 0 Å². The third-order valence-electron chi connectivity index (χ3n) is 3.40. The van der Waals surface area contributed by atoms with Gasteiger partial charge < -0.3 is 10.2 Å². The summed E-state index contributed by atoms with van der Waals surface area (Å²) in [5.41, 5.74) is 8.87. The van der Waals surface area contributed by atoms with Crippen LogP contribution in [0, 0.1) is 34.1 Å². The Morgan fingerprint density at radius 1 is 1.20 bits per heavy atom. The molecule has 130 valence electrons. The van der Waals surface area contributed by atoms with Crippen molar-refractivity contribution < 1.29 is 14.4 Å². The third kappa shape index (κ3) is 4.16. The summed E-state index contributed by atoms with van der Waals surface area (Å²) in [6, 6.07) is 6.32. The Morgan fingerprint density at radius 2 is 1.92 bits per heavy atom. The van der Waals surface area contributed by atoms with E-state index in [0.717, 1.165) is 5.56 Å². The zero-order chi connectivity index (χ0) is 18.6. The molecule has 0 spiro atoms. The van der Waals surface area contributed by atoms with Gasteiger partial charge in [-0.05, 0) is 37.6 Å². The van der Waals surface area contributed by atoms with Crippen LogP contribution in [0.3, 0.4) is 0 Å². The fourth-order valence-electron chi connectivity index (χ4n) is 2.10. The van der Waals surface area contributed by atoms with Crippen LogP contribution in [0.15, 0.2) is 38.9 Å². The monoisotopic (exact) mass is 346 g/mol. The largest absolute Gasteiger partial charge is 0.455 e. The van der Waals surface area contributed by atoms with Gasteiger partial charge in [-0.2, -0.15) is 5.10 Å². The first kappa shape index (κ1) is 17.6. The van der Waals surface area contributed by atoms with E-state index in [1.165, 1.54) is 12.3 Å². The summed E-state index contributed by atoms with van der Waals surface area (Å²) in [6.07, 6.45) is 1.23. The van der Waals surface area contributed by atoms with Crippen molar-refractivity contribution in [3.8, 4) is 11.3 Å². The highest BCUT2D eigenvalue weighted by atomic mass is 16.7. The average molecular weight is 346 g/mol. The van der Waals surface area contributed by atoms with Crippen molar-refractivity contribution >= 4 is 17.9 Å². The molecule has 0 saturated carbocycles. The summed E-state index contributed by atoms with van der Waals surface area (Å²) in [6.45, 7) is 3.43. The summed E-state index contributed by atoms with van der Waals surface area (Å²) in [7, 11) is 0. The number of benzene rings is 1. The van der Waals surface area contributed by atoms with Crippen LogP contribution in [0.4, 0.5) is 5.69 Å². The van der Waals surface area contributed by atoms with Gasteiger partial charge in [0.15, 0.2) is 5.03 Å². The maximum atomic E-state index is 11.0. The number of hydrogen-bond acceptors (Lipinski definition) is 7. The van der Waals surface area contributed by atoms with Gasteiger partial charge in [-0.3, -0.25) is 10.1 Å². The molecule has 0 saturated heterocycles. The summed E-state index contributed by atoms with van der Waals surface area (Å²) in [4.78, 5) is 20.7. The lowest BCUT2D eigenvalue weighted by atomic mass is 10.00. The van der Waals surface area contributed by atoms with Crippen LogP contribution < -0.4 is 11.2 Å². The predicted octanol–water partition coefficient (Wildman–Crippen LogP) is 1.90. The second-order valence-electron chi connectivity index (χ2n) is 4.94. The molecule has 11 nitrogen and oxygen atoms in total. The molecule has 1 aromatic heterocycles. The second-order valence-corrected chi connectivity index (χ2v) is 4.94. The van der Waals surface area contributed by atoms with Gasteiger partial charge in [0.2, 0.25) is 0 Å². The fourth-order valence-corrected chi connectivity index (χ4v) is 2.10. The molecule has 1 aromatic carbocycles. The molecule has 0 amide bonds. The van der Waals surface area contributed by atoms with Crippen LogP contribution >= 0.6 is 0 Å². The molecular weight excluding hydrogens is 332 g/mol. The molecule has 0 aliphatic rings. The van der Waals surface area contributed by atoms with Crippen molar-refractivity contribution in [2.75, 3.05) is 0 Å². The highest BCUT2D eigenvalue weighted by Gasteiger charge is 2.17. The molecule has 0 aliphatic heterocycles. The van der Waals surface area contributed by atoms with Crippen LogP contribution in [-0.4, -0.2) is 22.1 Å². The van der Waals surface area contributed by atoms with Gasteiger partial charge >= 0.3 is 0 Å². The number of nitrogens with zero attached hydrogens (tertiary/aromatic N) is 4. The molecule has 0 atom stereocenters. The summed E-state index contributed by atoms with van der Waals surface area (Å²) < 4.78 is 5.59. The van der Waals surface area contributed by atoms with Crippen LogP contribution in [0.5, 0.6) is 0 Å². The predicted molar refractivity (Wildman–Crippen MR) is 89.6 cm³/mol. The van der Waals surface area contributed by atoms with Gasteiger partial charge in [-0.1, -0.05) is 5.43 Å². The Hall–Kier alpha value is -3.76. The van der Waals surface area contributed by atoms with Gasteiger partial charge in [0, 0.05) is 17.2 Å². The maximum absolute atomic E-state index is 11.0. The molecule has 2 aromatic rings. The molecule has 0 radical (unpaired) electrons. The zero-order valence-electron chi connectivity index (χ0n) is 13.3. The number of nitrogens with one attached hydrogen (secondary N) is 1. The standard InChI is InChI=1S/C14H14N6O5/c1-8-9(2)12(19(21)22)5-4-11(8)13-6-3-10(25-13)7-16-17-14(15)18-20(23)24/h3-7H,1-2H3,(H3,15,17,18). The lowest BCUT2D eigenvalue weighted by Crippen LogP contribution is -2.35. The van der Waals surface area contributed by atoms with Gasteiger partial charge in [-0.15, -0.1) is 5.10 Å². The first-order chi connectivity index (χ1) is 11.8. The average Bonchev–Trinajstić information content (AvgIpc) is 2.97. The quantitative estimate of drug-likeness (QED) is 0.361. The number of nitro benzene ring substituents is 1. The van der Waals surface area contributed by atoms with E-state index < -0.39 is 15.9 Å². The number of hydrazine groups is 1. The number of nitrogens with two attached hydrogens (primary N) is 1. The van der Waals surface area contributed by atoms with Crippen molar-refractivity contribution in [1.82, 2.24) is 5.43 Å². The van der Waals surface area contributed by atoms with E-state index >= 15 is 0 Å². The van der Waals surface area contributed by atoms with E-state index in [-0.39, 0.29) is 5.69 Å². The van der Waals surface area contributed by atoms with Gasteiger partial charge in [0.1, 0.15) is 11.5 Å². The number of furan rings is 1. The lowest BCUT2D eigenvalue weighted by Gasteiger charge is -2.06. The molecule has 0 aliphatic carbocycles. The first-order valence-electron chi connectivity index (χ1n) is 6.92. The molecule has 11 heteroatoms. The van der Waals surface area contributed by atoms with Gasteiger partial charge in [0.05, 0.1) is 11.1 Å². The molecule has 1 heterocycles. The fraction of sp³-hybridized carbons (Fsp3) is 0.143. The van der Waals surface area contributed by atoms with Gasteiger partial charge in [0.25, 0.3) is 11.6 Å². The van der Waals surface area contributed by atoms with E-state index in [0.29, 0.717) is 22.6 Å². The van der Waals surface area contributed by atoms with E-state index in [2.05, 4.69) is 10.2 Å². The summed E-state index contributed by atoms with van der Waals surface area (Å²) in [5, 5.41) is 27.2. The normalized spacial score (nSPS) is 11.7. The third-order valence-corrected chi connectivity index (χ3v) is 3.40. The minimum Gasteiger partial charge on any atom is -0.455 e. The second kappa shape index (κ2) is 7.21. The molecule has 3 N–H and O–H groups in total. The summed E-state index contributed by atoms with van der Waals surface area (Å²) >= 11 is 0. The van der Waals surface area contributed by atoms with Crippen LogP contribution in [0.1, 0.15) is 16.9 Å². The maximum Gasteiger partial charge on any atom is 0.275 e. The number of hydrogen-bond donors (Lipinski definition) is 2. The van der Waals surface area contributed by atoms with E-state index in [1.807, 2.05) is 0 Å². The van der Waals surface area contributed by atoms with Crippen molar-refractivity contribution in [3.05, 3.63) is 61.4 Å². The van der Waals surface area contributed by atoms with E-state index in [4.69, 9.17) is 10.2 Å². The van der Waals surface area contributed by atoms with Crippen molar-refractivity contribution in [2.24, 2.45) is 15.9 Å². The van der Waals surface area contributed by atoms with Crippen LogP contribution in [0.25, 0.3) is 11.3 Å². The number of nitro groups is 2. The highest BCUT2D eigenvalue weighted by molar-refractivity contribution is 5.80. The smallest absolute Gasteiger partial charge is 0.275 e. The lowest BCUT2D eigenvalue weighted by molar-refractivity contribution is -0.525. The highest BCUT2D eigenvalue weighted by Crippen LogP contribution is 2.31. The van der Waals surface area contributed by atoms with Crippen molar-refractivity contribution in [3.63, 3.8) is 0 Å².